The molecule has 2 aromatic carbocycles. The topological polar surface area (TPSA) is 80.5 Å². The van der Waals surface area contributed by atoms with E-state index in [4.69, 9.17) is 9.26 Å². The number of benzene rings is 2. The number of carbonyl (C=O) groups excluding carboxylic acids is 1. The summed E-state index contributed by atoms with van der Waals surface area (Å²) in [6, 6.07) is 13.7. The van der Waals surface area contributed by atoms with Crippen molar-refractivity contribution in [3.05, 3.63) is 59.5 Å². The lowest BCUT2D eigenvalue weighted by atomic mass is 9.97. The van der Waals surface area contributed by atoms with Crippen molar-refractivity contribution in [3.63, 3.8) is 0 Å². The maximum absolute atomic E-state index is 12.8. The minimum Gasteiger partial charge on any atom is -0.497 e. The van der Waals surface area contributed by atoms with E-state index < -0.39 is 0 Å². The highest BCUT2D eigenvalue weighted by Crippen LogP contribution is 2.23. The van der Waals surface area contributed by atoms with E-state index in [2.05, 4.69) is 26.4 Å². The predicted molar refractivity (Wildman–Crippen MR) is 119 cm³/mol. The summed E-state index contributed by atoms with van der Waals surface area (Å²) in [5.41, 5.74) is 4.02. The Kier molecular flexibility index (Phi) is 6.32. The van der Waals surface area contributed by atoms with Crippen LogP contribution in [0.2, 0.25) is 0 Å². The van der Waals surface area contributed by atoms with Crippen molar-refractivity contribution >= 4 is 11.6 Å². The Hall–Kier alpha value is -3.19. The molecule has 0 aliphatic carbocycles. The van der Waals surface area contributed by atoms with E-state index in [0.717, 1.165) is 47.5 Å². The average molecular weight is 421 g/mol. The van der Waals surface area contributed by atoms with Crippen LogP contribution in [0.25, 0.3) is 11.4 Å². The first kappa shape index (κ1) is 21.1. The van der Waals surface area contributed by atoms with Gasteiger partial charge in [-0.05, 0) is 80.8 Å². The van der Waals surface area contributed by atoms with E-state index in [9.17, 15) is 4.79 Å². The summed E-state index contributed by atoms with van der Waals surface area (Å²) in [6.07, 6.45) is 1.85. The largest absolute Gasteiger partial charge is 0.497 e. The number of carbonyl (C=O) groups is 1. The molecule has 7 nitrogen and oxygen atoms in total. The maximum atomic E-state index is 12.8. The van der Waals surface area contributed by atoms with Crippen LogP contribution in [0.3, 0.4) is 0 Å². The molecule has 1 fully saturated rings. The number of hydrogen-bond acceptors (Lipinski definition) is 6. The number of amides is 1. The molecular weight excluding hydrogens is 392 g/mol. The first-order valence-corrected chi connectivity index (χ1v) is 10.6. The van der Waals surface area contributed by atoms with Crippen LogP contribution in [0, 0.1) is 19.8 Å². The number of likely N-dealkylation sites (tertiary alicyclic amines) is 1. The summed E-state index contributed by atoms with van der Waals surface area (Å²) in [5, 5.41) is 7.19. The minimum atomic E-state index is -0.0569. The smallest absolute Gasteiger partial charge is 0.241 e. The first-order chi connectivity index (χ1) is 15.0. The summed E-state index contributed by atoms with van der Waals surface area (Å²) in [7, 11) is 1.63. The van der Waals surface area contributed by atoms with Crippen LogP contribution >= 0.6 is 0 Å². The Balaban J connectivity index is 1.36. The number of rotatable bonds is 6. The summed E-state index contributed by atoms with van der Waals surface area (Å²) in [5.74, 6) is 1.91. The van der Waals surface area contributed by atoms with E-state index >= 15 is 0 Å². The van der Waals surface area contributed by atoms with Crippen molar-refractivity contribution in [1.82, 2.24) is 15.0 Å². The van der Waals surface area contributed by atoms with Crippen molar-refractivity contribution in [2.45, 2.75) is 33.2 Å². The van der Waals surface area contributed by atoms with Gasteiger partial charge in [0.05, 0.1) is 19.6 Å². The number of methoxy groups -OCH3 is 1. The third-order valence-corrected chi connectivity index (χ3v) is 5.54. The molecule has 0 spiro atoms. The van der Waals surface area contributed by atoms with Gasteiger partial charge in [0.1, 0.15) is 5.75 Å². The second-order valence-electron chi connectivity index (χ2n) is 8.18. The monoisotopic (exact) mass is 420 g/mol. The molecule has 1 atom stereocenters. The molecule has 1 N–H and O–H groups in total. The van der Waals surface area contributed by atoms with E-state index in [1.807, 2.05) is 50.2 Å². The zero-order chi connectivity index (χ0) is 21.8. The highest BCUT2D eigenvalue weighted by Gasteiger charge is 2.27. The Morgan fingerprint density at radius 1 is 1.19 bits per heavy atom. The second-order valence-corrected chi connectivity index (χ2v) is 8.18. The summed E-state index contributed by atoms with van der Waals surface area (Å²) in [6.45, 7) is 6.20. The van der Waals surface area contributed by atoms with Gasteiger partial charge in [-0.1, -0.05) is 11.2 Å². The molecule has 1 saturated heterocycles. The van der Waals surface area contributed by atoms with Gasteiger partial charge in [0.2, 0.25) is 17.6 Å². The van der Waals surface area contributed by atoms with Crippen molar-refractivity contribution in [3.8, 4) is 17.1 Å². The highest BCUT2D eigenvalue weighted by atomic mass is 16.5. The lowest BCUT2D eigenvalue weighted by Crippen LogP contribution is -2.40. The SMILES string of the molecule is COc1ccc(-c2noc(CN3CCCC(C(=O)Nc4cc(C)cc(C)c4)C3)n2)cc1. The van der Waals surface area contributed by atoms with Gasteiger partial charge in [-0.25, -0.2) is 0 Å². The fourth-order valence-corrected chi connectivity index (χ4v) is 4.07. The van der Waals surface area contributed by atoms with Crippen LogP contribution in [-0.2, 0) is 11.3 Å². The van der Waals surface area contributed by atoms with E-state index in [0.29, 0.717) is 24.8 Å². The lowest BCUT2D eigenvalue weighted by Gasteiger charge is -2.30. The molecule has 2 heterocycles. The van der Waals surface area contributed by atoms with Gasteiger partial charge < -0.3 is 14.6 Å². The van der Waals surface area contributed by atoms with E-state index in [1.54, 1.807) is 7.11 Å². The number of piperidine rings is 1. The zero-order valence-electron chi connectivity index (χ0n) is 18.2. The lowest BCUT2D eigenvalue weighted by molar-refractivity contribution is -0.121. The molecule has 1 aliphatic rings. The molecule has 4 rings (SSSR count). The Morgan fingerprint density at radius 3 is 2.65 bits per heavy atom. The number of aryl methyl sites for hydroxylation is 2. The normalized spacial score (nSPS) is 16.8. The number of aromatic nitrogens is 2. The molecule has 3 aromatic rings. The van der Waals surface area contributed by atoms with Crippen molar-refractivity contribution in [2.24, 2.45) is 5.92 Å². The fourth-order valence-electron chi connectivity index (χ4n) is 4.07. The number of anilines is 1. The molecule has 0 saturated carbocycles. The number of nitrogens with zero attached hydrogens (tertiary/aromatic N) is 3. The van der Waals surface area contributed by atoms with Gasteiger partial charge in [-0.3, -0.25) is 9.69 Å². The molecule has 1 unspecified atom stereocenters. The van der Waals surface area contributed by atoms with Crippen LogP contribution in [0.15, 0.2) is 47.0 Å². The quantitative estimate of drug-likeness (QED) is 0.643. The average Bonchev–Trinajstić information content (AvgIpc) is 3.21. The highest BCUT2D eigenvalue weighted by molar-refractivity contribution is 5.93. The van der Waals surface area contributed by atoms with Crippen LogP contribution in [-0.4, -0.2) is 41.1 Å². The minimum absolute atomic E-state index is 0.0569. The fraction of sp³-hybridized carbons (Fsp3) is 0.375. The summed E-state index contributed by atoms with van der Waals surface area (Å²) < 4.78 is 10.6. The van der Waals surface area contributed by atoms with Crippen molar-refractivity contribution in [1.29, 1.82) is 0 Å². The van der Waals surface area contributed by atoms with Gasteiger partial charge in [0.15, 0.2) is 0 Å². The molecule has 1 aliphatic heterocycles. The van der Waals surface area contributed by atoms with Gasteiger partial charge >= 0.3 is 0 Å². The zero-order valence-corrected chi connectivity index (χ0v) is 18.2. The van der Waals surface area contributed by atoms with Crippen LogP contribution < -0.4 is 10.1 Å². The summed E-state index contributed by atoms with van der Waals surface area (Å²) >= 11 is 0. The molecule has 162 valence electrons. The van der Waals surface area contributed by atoms with Gasteiger partial charge in [0.25, 0.3) is 0 Å². The van der Waals surface area contributed by atoms with Crippen LogP contribution in [0.5, 0.6) is 5.75 Å². The first-order valence-electron chi connectivity index (χ1n) is 10.6. The maximum Gasteiger partial charge on any atom is 0.241 e. The Labute approximate surface area is 182 Å². The van der Waals surface area contributed by atoms with Gasteiger partial charge in [-0.2, -0.15) is 4.98 Å². The third-order valence-electron chi connectivity index (χ3n) is 5.54. The number of hydrogen-bond donors (Lipinski definition) is 1. The molecule has 0 bridgehead atoms. The Bertz CT molecular complexity index is 1020. The molecular formula is C24H28N4O3. The second kappa shape index (κ2) is 9.31. The standard InChI is InChI=1S/C24H28N4O3/c1-16-11-17(2)13-20(12-16)25-24(29)19-5-4-10-28(14-19)15-22-26-23(27-31-22)18-6-8-21(30-3)9-7-18/h6-9,11-13,19H,4-5,10,14-15H2,1-3H3,(H,25,29). The Morgan fingerprint density at radius 2 is 1.94 bits per heavy atom. The van der Waals surface area contributed by atoms with Gasteiger partial charge in [0, 0.05) is 17.8 Å². The molecule has 7 heteroatoms. The van der Waals surface area contributed by atoms with Crippen molar-refractivity contribution < 1.29 is 14.1 Å². The number of ether oxygens (including phenoxy) is 1. The summed E-state index contributed by atoms with van der Waals surface area (Å²) in [4.78, 5) is 19.6. The predicted octanol–water partition coefficient (Wildman–Crippen LogP) is 4.21. The van der Waals surface area contributed by atoms with Crippen LogP contribution in [0.1, 0.15) is 29.9 Å². The molecule has 31 heavy (non-hydrogen) atoms. The van der Waals surface area contributed by atoms with Crippen LogP contribution in [0.4, 0.5) is 5.69 Å². The van der Waals surface area contributed by atoms with Crippen molar-refractivity contribution in [2.75, 3.05) is 25.5 Å². The van der Waals surface area contributed by atoms with E-state index in [-0.39, 0.29) is 11.8 Å². The van der Waals surface area contributed by atoms with Gasteiger partial charge in [-0.15, -0.1) is 0 Å². The molecule has 1 amide bonds. The molecule has 1 aromatic heterocycles. The third kappa shape index (κ3) is 5.30. The molecule has 0 radical (unpaired) electrons. The number of nitrogens with one attached hydrogen (secondary N) is 1. The van der Waals surface area contributed by atoms with E-state index in [1.165, 1.54) is 0 Å².